The summed E-state index contributed by atoms with van der Waals surface area (Å²) in [6.07, 6.45) is 1.53. The van der Waals surface area contributed by atoms with Gasteiger partial charge in [-0.05, 0) is 40.6 Å². The first kappa shape index (κ1) is 10.9. The van der Waals surface area contributed by atoms with Crippen LogP contribution in [0.4, 0.5) is 0 Å². The van der Waals surface area contributed by atoms with E-state index in [1.807, 2.05) is 19.1 Å². The fourth-order valence-corrected chi connectivity index (χ4v) is 1.70. The van der Waals surface area contributed by atoms with Crippen molar-refractivity contribution in [1.82, 2.24) is 0 Å². The summed E-state index contributed by atoms with van der Waals surface area (Å²) in [5.41, 5.74) is 12.4. The van der Waals surface area contributed by atoms with Crippen LogP contribution in [0.3, 0.4) is 0 Å². The van der Waals surface area contributed by atoms with Crippen LogP contribution in [0, 0.1) is 3.57 Å². The minimum Gasteiger partial charge on any atom is -0.313 e. The van der Waals surface area contributed by atoms with E-state index in [-0.39, 0.29) is 0 Å². The molecule has 0 aliphatic heterocycles. The average molecular weight is 290 g/mol. The third-order valence-electron chi connectivity index (χ3n) is 2.14. The molecule has 0 aromatic heterocycles. The summed E-state index contributed by atoms with van der Waals surface area (Å²) < 4.78 is 1.23. The van der Waals surface area contributed by atoms with Gasteiger partial charge in [-0.25, -0.2) is 0 Å². The zero-order valence-electron chi connectivity index (χ0n) is 7.76. The Kier molecular flexibility index (Phi) is 3.70. The normalized spacial score (nSPS) is 11.7. The van der Waals surface area contributed by atoms with Gasteiger partial charge < -0.3 is 11.5 Å². The minimum absolute atomic E-state index is 0.568. The number of rotatable bonds is 3. The first-order valence-corrected chi connectivity index (χ1v) is 5.44. The number of halogens is 1. The van der Waals surface area contributed by atoms with Crippen molar-refractivity contribution >= 4 is 22.6 Å². The molecule has 0 spiro atoms. The Morgan fingerprint density at radius 1 is 1.31 bits per heavy atom. The van der Waals surface area contributed by atoms with Crippen molar-refractivity contribution in [2.75, 3.05) is 0 Å². The summed E-state index contributed by atoms with van der Waals surface area (Å²) in [5, 5.41) is 0. The van der Waals surface area contributed by atoms with E-state index in [0.717, 1.165) is 12.8 Å². The van der Waals surface area contributed by atoms with Gasteiger partial charge in [0.2, 0.25) is 0 Å². The topological polar surface area (TPSA) is 52.0 Å². The molecule has 1 aromatic rings. The maximum Gasteiger partial charge on any atom is 0.0675 e. The standard InChI is InChI=1S/C10H15IN2/c1-2-10(12,13)7-8-5-3-4-6-9(8)11/h3-6H,2,7,12-13H2,1H3. The maximum absolute atomic E-state index is 5.89. The first-order chi connectivity index (χ1) is 6.05. The monoisotopic (exact) mass is 290 g/mol. The molecule has 0 amide bonds. The second-order valence-electron chi connectivity index (χ2n) is 3.35. The smallest absolute Gasteiger partial charge is 0.0675 e. The van der Waals surface area contributed by atoms with Crippen LogP contribution < -0.4 is 11.5 Å². The molecular weight excluding hydrogens is 275 g/mol. The molecule has 0 saturated carbocycles. The number of nitrogens with two attached hydrogens (primary N) is 2. The van der Waals surface area contributed by atoms with E-state index in [2.05, 4.69) is 34.7 Å². The molecule has 0 aliphatic carbocycles. The van der Waals surface area contributed by atoms with Crippen molar-refractivity contribution in [3.8, 4) is 0 Å². The summed E-state index contributed by atoms with van der Waals surface area (Å²) in [7, 11) is 0. The largest absolute Gasteiger partial charge is 0.313 e. The zero-order chi connectivity index (χ0) is 9.90. The lowest BCUT2D eigenvalue weighted by molar-refractivity contribution is 0.423. The first-order valence-electron chi connectivity index (χ1n) is 4.36. The number of hydrogen-bond donors (Lipinski definition) is 2. The lowest BCUT2D eigenvalue weighted by atomic mass is 9.99. The van der Waals surface area contributed by atoms with Gasteiger partial charge in [0.15, 0.2) is 0 Å². The molecule has 2 nitrogen and oxygen atoms in total. The van der Waals surface area contributed by atoms with Crippen LogP contribution in [0.1, 0.15) is 18.9 Å². The van der Waals surface area contributed by atoms with Crippen molar-refractivity contribution in [2.24, 2.45) is 11.5 Å². The van der Waals surface area contributed by atoms with Gasteiger partial charge in [0.1, 0.15) is 0 Å². The highest BCUT2D eigenvalue weighted by Gasteiger charge is 2.17. The van der Waals surface area contributed by atoms with Crippen LogP contribution in [-0.4, -0.2) is 5.66 Å². The molecule has 3 heteroatoms. The summed E-state index contributed by atoms with van der Waals surface area (Å²) in [5.74, 6) is 0. The lowest BCUT2D eigenvalue weighted by Gasteiger charge is -2.23. The lowest BCUT2D eigenvalue weighted by Crippen LogP contribution is -2.50. The van der Waals surface area contributed by atoms with Crippen LogP contribution in [0.2, 0.25) is 0 Å². The molecule has 0 saturated heterocycles. The van der Waals surface area contributed by atoms with Gasteiger partial charge in [-0.15, -0.1) is 0 Å². The molecule has 0 aliphatic rings. The Morgan fingerprint density at radius 3 is 2.46 bits per heavy atom. The van der Waals surface area contributed by atoms with Crippen molar-refractivity contribution < 1.29 is 0 Å². The predicted octanol–water partition coefficient (Wildman–Crippen LogP) is 1.86. The quantitative estimate of drug-likeness (QED) is 0.659. The van der Waals surface area contributed by atoms with Crippen LogP contribution >= 0.6 is 22.6 Å². The van der Waals surface area contributed by atoms with Crippen LogP contribution in [0.5, 0.6) is 0 Å². The van der Waals surface area contributed by atoms with E-state index >= 15 is 0 Å². The average Bonchev–Trinajstić information content (AvgIpc) is 2.09. The molecule has 1 rings (SSSR count). The molecule has 72 valence electrons. The van der Waals surface area contributed by atoms with E-state index in [9.17, 15) is 0 Å². The SMILES string of the molecule is CCC(N)(N)Cc1ccccc1I. The highest BCUT2D eigenvalue weighted by molar-refractivity contribution is 14.1. The Balaban J connectivity index is 2.80. The van der Waals surface area contributed by atoms with E-state index in [0.29, 0.717) is 0 Å². The van der Waals surface area contributed by atoms with Gasteiger partial charge in [-0.3, -0.25) is 0 Å². The molecule has 4 N–H and O–H groups in total. The van der Waals surface area contributed by atoms with Crippen molar-refractivity contribution in [2.45, 2.75) is 25.4 Å². The predicted molar refractivity (Wildman–Crippen MR) is 64.3 cm³/mol. The zero-order valence-corrected chi connectivity index (χ0v) is 9.91. The molecular formula is C10H15IN2. The fourth-order valence-electron chi connectivity index (χ4n) is 1.12. The van der Waals surface area contributed by atoms with Gasteiger partial charge in [0.25, 0.3) is 0 Å². The van der Waals surface area contributed by atoms with Gasteiger partial charge in [-0.1, -0.05) is 25.1 Å². The highest BCUT2D eigenvalue weighted by atomic mass is 127. The maximum atomic E-state index is 5.89. The van der Waals surface area contributed by atoms with Crippen LogP contribution in [-0.2, 0) is 6.42 Å². The third kappa shape index (κ3) is 3.25. The van der Waals surface area contributed by atoms with E-state index in [4.69, 9.17) is 11.5 Å². The van der Waals surface area contributed by atoms with E-state index in [1.54, 1.807) is 0 Å². The summed E-state index contributed by atoms with van der Waals surface area (Å²) in [6.45, 7) is 2.01. The van der Waals surface area contributed by atoms with Crippen LogP contribution in [0.25, 0.3) is 0 Å². The summed E-state index contributed by atoms with van der Waals surface area (Å²) in [4.78, 5) is 0. The second kappa shape index (κ2) is 4.39. The van der Waals surface area contributed by atoms with Crippen molar-refractivity contribution in [1.29, 1.82) is 0 Å². The Hall–Kier alpha value is -0.130. The molecule has 0 heterocycles. The minimum atomic E-state index is -0.568. The Bertz CT molecular complexity index is 284. The van der Waals surface area contributed by atoms with E-state index in [1.165, 1.54) is 9.13 Å². The summed E-state index contributed by atoms with van der Waals surface area (Å²) >= 11 is 2.31. The van der Waals surface area contributed by atoms with Gasteiger partial charge in [0.05, 0.1) is 5.66 Å². The van der Waals surface area contributed by atoms with E-state index < -0.39 is 5.66 Å². The fraction of sp³-hybridized carbons (Fsp3) is 0.400. The number of benzene rings is 1. The Morgan fingerprint density at radius 2 is 1.92 bits per heavy atom. The second-order valence-corrected chi connectivity index (χ2v) is 4.52. The molecule has 0 unspecified atom stereocenters. The molecule has 0 radical (unpaired) electrons. The summed E-state index contributed by atoms with van der Waals surface area (Å²) in [6, 6.07) is 8.18. The van der Waals surface area contributed by atoms with Gasteiger partial charge in [-0.2, -0.15) is 0 Å². The van der Waals surface area contributed by atoms with Crippen molar-refractivity contribution in [3.63, 3.8) is 0 Å². The highest BCUT2D eigenvalue weighted by Crippen LogP contribution is 2.16. The Labute approximate surface area is 92.8 Å². The third-order valence-corrected chi connectivity index (χ3v) is 3.19. The molecule has 0 atom stereocenters. The van der Waals surface area contributed by atoms with Crippen molar-refractivity contribution in [3.05, 3.63) is 33.4 Å². The molecule has 13 heavy (non-hydrogen) atoms. The van der Waals surface area contributed by atoms with Gasteiger partial charge >= 0.3 is 0 Å². The van der Waals surface area contributed by atoms with Crippen LogP contribution in [0.15, 0.2) is 24.3 Å². The molecule has 1 aromatic carbocycles. The number of hydrogen-bond acceptors (Lipinski definition) is 2. The van der Waals surface area contributed by atoms with Gasteiger partial charge in [0, 0.05) is 9.99 Å². The molecule has 0 fully saturated rings. The molecule has 0 bridgehead atoms.